The number of aromatic nitrogens is 8. The number of nitrogens with one attached hydrogen (secondary N) is 2. The van der Waals surface area contributed by atoms with Gasteiger partial charge >= 0.3 is 58.9 Å². The minimum Gasteiger partial charge on any atom is -0.857 e. The predicted octanol–water partition coefficient (Wildman–Crippen LogP) is 17.5. The molecule has 0 aliphatic carbocycles. The Morgan fingerprint density at radius 2 is 0.869 bits per heavy atom. The number of rotatable bonds is 16. The Balaban J connectivity index is 0. The second kappa shape index (κ2) is 69.0. The van der Waals surface area contributed by atoms with Crippen molar-refractivity contribution in [2.75, 3.05) is 80.3 Å². The topological polar surface area (TPSA) is 493 Å². The van der Waals surface area contributed by atoms with Crippen LogP contribution in [-0.4, -0.2) is 147 Å². The van der Waals surface area contributed by atoms with Crippen LogP contribution in [0.2, 0.25) is 0 Å². The maximum atomic E-state index is 13.2. The maximum Gasteiger partial charge on any atom is 1.00 e. The number of anilines is 2. The van der Waals surface area contributed by atoms with Gasteiger partial charge in [0.25, 0.3) is 28.4 Å². The van der Waals surface area contributed by atoms with Crippen LogP contribution in [0.1, 0.15) is 60.1 Å². The number of halogens is 5. The molecule has 0 aliphatic heterocycles. The summed E-state index contributed by atoms with van der Waals surface area (Å²) in [4.78, 5) is 84.5. The van der Waals surface area contributed by atoms with Gasteiger partial charge in [-0.3, -0.25) is 83.4 Å². The number of aryl methyl sites for hydroxylation is 1. The summed E-state index contributed by atoms with van der Waals surface area (Å²) < 4.78 is 74.0. The number of nitro groups is 5. The molecule has 137 heavy (non-hydrogen) atoms. The molecule has 16 aromatic rings. The Hall–Kier alpha value is -13.9. The van der Waals surface area contributed by atoms with Gasteiger partial charge in [0.2, 0.25) is 6.41 Å². The van der Waals surface area contributed by atoms with Crippen molar-refractivity contribution in [2.24, 2.45) is 5.34 Å². The first-order valence-corrected chi connectivity index (χ1v) is 40.0. The van der Waals surface area contributed by atoms with Crippen LogP contribution in [0.15, 0.2) is 286 Å². The zero-order valence-electron chi connectivity index (χ0n) is 77.1. The SMILES string of the molecule is C.CC.CCOC(OCC)N(C)C.CCOCC.CN(C)/C=C/c1c[n+]([O-])ccc1[N+](=O)[O-].CON=O.C[O-].Cc1c[n+]([O-])ccc1[N+](=O)[O-].FB(F)F.Nc1ccc(-n2ccc3cnccc32)c2ccccc12.Nc1ccc([N+](=O)[O-])c2ccccc12.O=[N+]([O-])c1ccc(F)c2ccccc12.O=[N+]([O-])c1ccc(F)c2ccccc12.[CH3-].[K+].[Pd].c1cc2[nH]ccc2cn1.c1cc2[nH]ccc2cn1. The molecule has 0 radical (unpaired) electrons. The molecular formula is C93H108BF5KN18O18Pd-. The molecule has 0 saturated heterocycles. The molecule has 8 aromatic carbocycles. The van der Waals surface area contributed by atoms with Gasteiger partial charge in [0, 0.05) is 200 Å². The smallest absolute Gasteiger partial charge is 0.857 e. The first-order valence-electron chi connectivity index (χ1n) is 40.0. The number of hydrogen-bond donors (Lipinski definition) is 4. The van der Waals surface area contributed by atoms with Gasteiger partial charge in [-0.2, -0.15) is 16.6 Å². The zero-order chi connectivity index (χ0) is 99.1. The van der Waals surface area contributed by atoms with E-state index in [1.165, 1.54) is 74.7 Å². The summed E-state index contributed by atoms with van der Waals surface area (Å²) in [5.41, 5.74) is 18.2. The molecule has 0 aliphatic rings. The molecule has 44 heteroatoms. The van der Waals surface area contributed by atoms with Crippen molar-refractivity contribution < 1.29 is 152 Å². The minimum atomic E-state index is -3.67. The summed E-state index contributed by atoms with van der Waals surface area (Å²) in [6, 6.07) is 54.0. The van der Waals surface area contributed by atoms with Gasteiger partial charge in [0.05, 0.1) is 69.7 Å². The van der Waals surface area contributed by atoms with Gasteiger partial charge < -0.3 is 72.9 Å². The van der Waals surface area contributed by atoms with E-state index in [-0.39, 0.29) is 138 Å². The Bertz CT molecular complexity index is 5980. The Morgan fingerprint density at radius 3 is 1.24 bits per heavy atom. The molecule has 0 unspecified atom stereocenters. The second-order valence-corrected chi connectivity index (χ2v) is 26.2. The summed E-state index contributed by atoms with van der Waals surface area (Å²) in [5, 5.41) is 92.7. The quantitative estimate of drug-likeness (QED) is 0.00667. The van der Waals surface area contributed by atoms with E-state index < -0.39 is 43.8 Å². The number of pyridine rings is 5. The second-order valence-electron chi connectivity index (χ2n) is 26.2. The third-order valence-corrected chi connectivity index (χ3v) is 17.1. The number of nitrogens with two attached hydrogens (primary N) is 2. The van der Waals surface area contributed by atoms with Gasteiger partial charge in [-0.25, -0.2) is 8.78 Å². The van der Waals surface area contributed by atoms with Crippen LogP contribution in [0.3, 0.4) is 0 Å². The molecule has 16 rings (SSSR count). The number of hydrogen-bond acceptors (Lipinski definition) is 26. The number of nitrogens with zero attached hydrogens (tertiary/aromatic N) is 14. The van der Waals surface area contributed by atoms with E-state index in [1.807, 2.05) is 158 Å². The van der Waals surface area contributed by atoms with Gasteiger partial charge in [0.15, 0.2) is 30.1 Å². The summed E-state index contributed by atoms with van der Waals surface area (Å²) in [6.07, 6.45) is 24.3. The van der Waals surface area contributed by atoms with E-state index in [0.29, 0.717) is 50.1 Å². The van der Waals surface area contributed by atoms with Crippen molar-refractivity contribution in [3.63, 3.8) is 0 Å². The number of aromatic amines is 2. The van der Waals surface area contributed by atoms with Gasteiger partial charge in [-0.05, 0) is 146 Å². The van der Waals surface area contributed by atoms with Crippen LogP contribution in [0.25, 0.3) is 87.6 Å². The van der Waals surface area contributed by atoms with Crippen molar-refractivity contribution in [1.29, 1.82) is 0 Å². The normalized spacial score (nSPS) is 9.64. The van der Waals surface area contributed by atoms with Crippen molar-refractivity contribution in [3.05, 3.63) is 377 Å². The van der Waals surface area contributed by atoms with E-state index in [4.69, 9.17) is 35.7 Å². The van der Waals surface area contributed by atoms with E-state index in [0.717, 1.165) is 117 Å². The fraction of sp³-hybridized carbons (Fsp3) is 0.204. The molecule has 0 amide bonds. The minimum absolute atomic E-state index is 0. The molecule has 8 aromatic heterocycles. The number of fused-ring (bicyclic) bond motifs is 7. The number of nitrogen functional groups attached to an aromatic ring is 2. The summed E-state index contributed by atoms with van der Waals surface area (Å²) >= 11 is 0. The van der Waals surface area contributed by atoms with Crippen LogP contribution in [0.4, 0.5) is 61.5 Å². The van der Waals surface area contributed by atoms with Crippen LogP contribution >= 0.6 is 0 Å². The molecule has 8 heterocycles. The van der Waals surface area contributed by atoms with Crippen molar-refractivity contribution in [1.82, 2.24) is 39.3 Å². The van der Waals surface area contributed by atoms with Crippen LogP contribution < -0.4 is 77.4 Å². The Labute approximate surface area is 844 Å². The van der Waals surface area contributed by atoms with Crippen molar-refractivity contribution in [3.8, 4) is 5.69 Å². The largest absolute Gasteiger partial charge is 1.00 e. The van der Waals surface area contributed by atoms with Crippen LogP contribution in [0, 0.1) is 91.9 Å². The molecule has 0 bridgehead atoms. The summed E-state index contributed by atoms with van der Waals surface area (Å²) in [6.45, 7) is 16.5. The predicted molar refractivity (Wildman–Crippen MR) is 518 cm³/mol. The number of H-pyrrole nitrogens is 2. The van der Waals surface area contributed by atoms with Gasteiger partial charge in [-0.1, -0.05) is 100 Å². The molecule has 0 spiro atoms. The third kappa shape index (κ3) is 42.3. The number of benzene rings is 8. The molecule has 0 saturated carbocycles. The first-order chi connectivity index (χ1) is 63.8. The standard InChI is InChI=1S/C17H13N3.2C10H6FNO2.C10H8N2O2.C9H11N3O3.2C7H6N2.C7H17NO2.C6H6N2O3.C4H10O.C2H6.CH3NO2.CH3O.CH4.CH3.BF3.K.Pd/c18-15-5-6-17(14-4-2-1-3-13(14)15)20-10-8-12-11-19-9-7-16(12)20;3*11-9-5-6-10(12(13)14)8-4-2-1-3-7(8)9;1-10(2)5-3-8-7-11(13)6-4-9(8)12(14)15;2*1-4-9-7-2-3-8-5-6(1)7;1-5-9-7(8(3)4)10-6-2;1-5-4-7(9)3-2-6(5)8(10)11;1-3-5-4-2;1-2;1-4-2-3;1-2;;;2-1(3)4;;/h1-11H,18H2;2*1-6H;1-6H,11H2;3-7H,1-2H3;2*1-5,9H;7H,5-6H2,1-4H3;2-4H,1H3;3-4H2,1-2H3;1-2H3;1H3;1H3;1H4;1H3;;;/q;;;;;;;;;;;;-1;;-1;;+1;/b;;;;5-3+;;;;;;;;;;;;;. The number of non-ortho nitro benzene ring substituents is 3. The van der Waals surface area contributed by atoms with E-state index in [1.54, 1.807) is 86.1 Å². The number of nitro benzene ring substituents is 3. The molecule has 6 N–H and O–H groups in total. The molecular weight excluding hydrogens is 1910 g/mol. The monoisotopic (exact) mass is 2020 g/mol. The van der Waals surface area contributed by atoms with Crippen LogP contribution in [-0.2, 0) is 39.5 Å². The van der Waals surface area contributed by atoms with E-state index in [2.05, 4.69) is 64.8 Å². The van der Waals surface area contributed by atoms with E-state index >= 15 is 0 Å². The summed E-state index contributed by atoms with van der Waals surface area (Å²) in [5.74, 6) is -0.877. The summed E-state index contributed by atoms with van der Waals surface area (Å²) in [7, 11) is 5.71. The van der Waals surface area contributed by atoms with Crippen molar-refractivity contribution in [2.45, 2.75) is 62.3 Å². The third-order valence-electron chi connectivity index (χ3n) is 17.1. The zero-order valence-corrected chi connectivity index (χ0v) is 81.8. The molecule has 728 valence electrons. The number of ether oxygens (including phenoxy) is 3. The Kier molecular flexibility index (Phi) is 63.1. The average molecular weight is 2020 g/mol. The average Bonchev–Trinajstić information content (AvgIpc) is 1.73. The molecule has 36 nitrogen and oxygen atoms in total. The molecule has 0 fully saturated rings. The van der Waals surface area contributed by atoms with Gasteiger partial charge in [-0.15, -0.1) is 4.91 Å². The first kappa shape index (κ1) is 125. The maximum absolute atomic E-state index is 13.2. The molecule has 0 atom stereocenters. The van der Waals surface area contributed by atoms with Crippen molar-refractivity contribution >= 4 is 129 Å². The van der Waals surface area contributed by atoms with E-state index in [9.17, 15) is 82.7 Å². The van der Waals surface area contributed by atoms with Crippen LogP contribution in [0.5, 0.6) is 0 Å². The Morgan fingerprint density at radius 1 is 0.511 bits per heavy atom. The fourth-order valence-electron chi connectivity index (χ4n) is 11.4. The fourth-order valence-corrected chi connectivity index (χ4v) is 11.4. The van der Waals surface area contributed by atoms with Gasteiger partial charge in [0.1, 0.15) is 24.3 Å².